The number of benzene rings is 1. The van der Waals surface area contributed by atoms with E-state index in [1.165, 1.54) is 6.07 Å². The lowest BCUT2D eigenvalue weighted by molar-refractivity contribution is -0.153. The molecule has 6 heteroatoms. The average Bonchev–Trinajstić information content (AvgIpc) is 2.65. The first-order chi connectivity index (χ1) is 13.3. The van der Waals surface area contributed by atoms with Crippen LogP contribution in [0.5, 0.6) is 5.75 Å². The summed E-state index contributed by atoms with van der Waals surface area (Å²) in [5.41, 5.74) is -0.342. The highest BCUT2D eigenvalue weighted by Gasteiger charge is 2.29. The van der Waals surface area contributed by atoms with E-state index >= 15 is 0 Å². The van der Waals surface area contributed by atoms with Gasteiger partial charge in [-0.3, -0.25) is 4.79 Å². The summed E-state index contributed by atoms with van der Waals surface area (Å²) in [4.78, 5) is 23.8. The normalized spacial score (nSPS) is 11.8. The molecule has 0 aliphatic heterocycles. The van der Waals surface area contributed by atoms with Gasteiger partial charge in [0.15, 0.2) is 0 Å². The number of rotatable bonds is 11. The van der Waals surface area contributed by atoms with Crippen LogP contribution in [0.4, 0.5) is 0 Å². The molecule has 0 fully saturated rings. The Kier molecular flexibility index (Phi) is 8.42. The van der Waals surface area contributed by atoms with E-state index in [9.17, 15) is 9.59 Å². The van der Waals surface area contributed by atoms with Gasteiger partial charge in [-0.1, -0.05) is 26.0 Å². The standard InChI is InChI=1S/C22H30O5S/c1-16(2)9-10-22(3,4)21(24)26-12-14-28-13-11-25-19-15-20(23)27-18-8-6-5-7-17(18)19/h5-8,15-16H,9-14H2,1-4H3. The van der Waals surface area contributed by atoms with Gasteiger partial charge in [0.05, 0.1) is 23.5 Å². The molecule has 28 heavy (non-hydrogen) atoms. The Morgan fingerprint density at radius 3 is 2.64 bits per heavy atom. The molecule has 0 bridgehead atoms. The van der Waals surface area contributed by atoms with Gasteiger partial charge < -0.3 is 13.9 Å². The molecule has 0 radical (unpaired) electrons. The highest BCUT2D eigenvalue weighted by atomic mass is 32.2. The first-order valence-electron chi connectivity index (χ1n) is 9.70. The zero-order chi connectivity index (χ0) is 20.6. The predicted octanol–water partition coefficient (Wildman–Crippen LogP) is 4.91. The third-order valence-corrected chi connectivity index (χ3v) is 5.37. The molecule has 2 aromatic rings. The van der Waals surface area contributed by atoms with Crippen LogP contribution in [-0.2, 0) is 9.53 Å². The SMILES string of the molecule is CC(C)CCC(C)(C)C(=O)OCCSCCOc1cc(=O)oc2ccccc12. The fraction of sp³-hybridized carbons (Fsp3) is 0.545. The van der Waals surface area contributed by atoms with Crippen LogP contribution in [-0.4, -0.2) is 30.7 Å². The van der Waals surface area contributed by atoms with Crippen LogP contribution in [0.25, 0.3) is 11.0 Å². The number of hydrogen-bond donors (Lipinski definition) is 0. The quantitative estimate of drug-likeness (QED) is 0.300. The maximum atomic E-state index is 12.2. The van der Waals surface area contributed by atoms with Crippen molar-refractivity contribution in [1.29, 1.82) is 0 Å². The van der Waals surface area contributed by atoms with Crippen molar-refractivity contribution >= 4 is 28.7 Å². The smallest absolute Gasteiger partial charge is 0.339 e. The molecular weight excluding hydrogens is 376 g/mol. The van der Waals surface area contributed by atoms with Crippen LogP contribution in [0.3, 0.4) is 0 Å². The Bertz CT molecular complexity index is 825. The van der Waals surface area contributed by atoms with E-state index in [0.717, 1.165) is 24.0 Å². The lowest BCUT2D eigenvalue weighted by Crippen LogP contribution is -2.27. The van der Waals surface area contributed by atoms with Crippen molar-refractivity contribution in [2.24, 2.45) is 11.3 Å². The molecule has 0 unspecified atom stereocenters. The van der Waals surface area contributed by atoms with Gasteiger partial charge in [-0.25, -0.2) is 4.79 Å². The van der Waals surface area contributed by atoms with Gasteiger partial charge in [-0.05, 0) is 44.7 Å². The monoisotopic (exact) mass is 406 g/mol. The van der Waals surface area contributed by atoms with Gasteiger partial charge in [-0.2, -0.15) is 11.8 Å². The van der Waals surface area contributed by atoms with Gasteiger partial charge in [0.25, 0.3) is 0 Å². The van der Waals surface area contributed by atoms with Crippen LogP contribution in [0.2, 0.25) is 0 Å². The predicted molar refractivity (Wildman–Crippen MR) is 114 cm³/mol. The molecule has 2 rings (SSSR count). The minimum absolute atomic E-state index is 0.132. The van der Waals surface area contributed by atoms with E-state index in [1.54, 1.807) is 17.8 Å². The number of ether oxygens (including phenoxy) is 2. The molecule has 5 nitrogen and oxygen atoms in total. The van der Waals surface area contributed by atoms with Gasteiger partial charge in [0.1, 0.15) is 17.9 Å². The Morgan fingerprint density at radius 2 is 1.89 bits per heavy atom. The van der Waals surface area contributed by atoms with Crippen molar-refractivity contribution in [2.75, 3.05) is 24.7 Å². The zero-order valence-corrected chi connectivity index (χ0v) is 18.0. The maximum Gasteiger partial charge on any atom is 0.339 e. The average molecular weight is 407 g/mol. The lowest BCUT2D eigenvalue weighted by atomic mass is 9.85. The molecule has 0 aliphatic rings. The molecule has 0 saturated carbocycles. The van der Waals surface area contributed by atoms with E-state index in [0.29, 0.717) is 36.2 Å². The Labute approximate surface area is 170 Å². The van der Waals surface area contributed by atoms with Crippen molar-refractivity contribution < 1.29 is 18.7 Å². The number of esters is 1. The topological polar surface area (TPSA) is 65.7 Å². The number of hydrogen-bond acceptors (Lipinski definition) is 6. The molecule has 0 N–H and O–H groups in total. The Balaban J connectivity index is 1.68. The summed E-state index contributed by atoms with van der Waals surface area (Å²) in [6.07, 6.45) is 1.85. The minimum Gasteiger partial charge on any atom is -0.492 e. The molecule has 0 atom stereocenters. The van der Waals surface area contributed by atoms with Gasteiger partial charge in [0, 0.05) is 11.5 Å². The maximum absolute atomic E-state index is 12.2. The number of carbonyl (C=O) groups excluding carboxylic acids is 1. The van der Waals surface area contributed by atoms with Crippen molar-refractivity contribution in [3.05, 3.63) is 40.8 Å². The molecule has 1 heterocycles. The second-order valence-corrected chi connectivity index (χ2v) is 9.06. The van der Waals surface area contributed by atoms with Crippen LogP contribution >= 0.6 is 11.8 Å². The van der Waals surface area contributed by atoms with Crippen molar-refractivity contribution in [3.8, 4) is 5.75 Å². The summed E-state index contributed by atoms with van der Waals surface area (Å²) in [5.74, 6) is 2.43. The van der Waals surface area contributed by atoms with Gasteiger partial charge >= 0.3 is 11.6 Å². The third-order valence-electron chi connectivity index (χ3n) is 4.46. The molecular formula is C22H30O5S. The minimum atomic E-state index is -0.437. The lowest BCUT2D eigenvalue weighted by Gasteiger charge is -2.23. The fourth-order valence-corrected chi connectivity index (χ4v) is 3.26. The molecule has 1 aromatic heterocycles. The van der Waals surface area contributed by atoms with Crippen molar-refractivity contribution in [2.45, 2.75) is 40.5 Å². The van der Waals surface area contributed by atoms with E-state index in [2.05, 4.69) is 13.8 Å². The summed E-state index contributed by atoms with van der Waals surface area (Å²) in [5, 5.41) is 0.782. The first-order valence-corrected chi connectivity index (χ1v) is 10.9. The summed E-state index contributed by atoms with van der Waals surface area (Å²) in [6.45, 7) is 9.06. The fourth-order valence-electron chi connectivity index (χ4n) is 2.65. The van der Waals surface area contributed by atoms with E-state index < -0.39 is 11.0 Å². The largest absolute Gasteiger partial charge is 0.492 e. The van der Waals surface area contributed by atoms with E-state index in [4.69, 9.17) is 13.9 Å². The van der Waals surface area contributed by atoms with Crippen LogP contribution in [0, 0.1) is 11.3 Å². The summed E-state index contributed by atoms with van der Waals surface area (Å²) in [7, 11) is 0. The Morgan fingerprint density at radius 1 is 1.18 bits per heavy atom. The van der Waals surface area contributed by atoms with Gasteiger partial charge in [0.2, 0.25) is 0 Å². The molecule has 154 valence electrons. The molecule has 0 aliphatic carbocycles. The first kappa shape index (κ1) is 22.3. The van der Waals surface area contributed by atoms with Crippen molar-refractivity contribution in [1.82, 2.24) is 0 Å². The number of carbonyl (C=O) groups is 1. The van der Waals surface area contributed by atoms with Gasteiger partial charge in [-0.15, -0.1) is 0 Å². The molecule has 0 amide bonds. The second-order valence-electron chi connectivity index (χ2n) is 7.84. The summed E-state index contributed by atoms with van der Waals surface area (Å²) < 4.78 is 16.3. The molecule has 0 spiro atoms. The Hall–Kier alpha value is -1.95. The van der Waals surface area contributed by atoms with Crippen LogP contribution in [0.15, 0.2) is 39.5 Å². The third kappa shape index (κ3) is 6.89. The second kappa shape index (κ2) is 10.6. The number of para-hydroxylation sites is 1. The van der Waals surface area contributed by atoms with Crippen molar-refractivity contribution in [3.63, 3.8) is 0 Å². The van der Waals surface area contributed by atoms with E-state index in [-0.39, 0.29) is 5.97 Å². The number of thioether (sulfide) groups is 1. The zero-order valence-electron chi connectivity index (χ0n) is 17.2. The molecule has 1 aromatic carbocycles. The number of fused-ring (bicyclic) bond motifs is 1. The van der Waals surface area contributed by atoms with Crippen LogP contribution in [0.1, 0.15) is 40.5 Å². The molecule has 0 saturated heterocycles. The summed E-state index contributed by atoms with van der Waals surface area (Å²) >= 11 is 1.65. The highest BCUT2D eigenvalue weighted by Crippen LogP contribution is 2.26. The van der Waals surface area contributed by atoms with E-state index in [1.807, 2.05) is 32.0 Å². The van der Waals surface area contributed by atoms with Crippen LogP contribution < -0.4 is 10.4 Å². The summed E-state index contributed by atoms with van der Waals surface area (Å²) in [6, 6.07) is 8.67. The highest BCUT2D eigenvalue weighted by molar-refractivity contribution is 7.99.